The molecule has 1 aromatic heterocycles. The van der Waals surface area contributed by atoms with E-state index in [0.717, 1.165) is 11.3 Å². The van der Waals surface area contributed by atoms with Gasteiger partial charge in [0.1, 0.15) is 11.8 Å². The Morgan fingerprint density at radius 1 is 1.36 bits per heavy atom. The first kappa shape index (κ1) is 17.4. The predicted molar refractivity (Wildman–Crippen MR) is 95.5 cm³/mol. The van der Waals surface area contributed by atoms with E-state index in [0.29, 0.717) is 24.7 Å². The molecule has 2 atom stereocenters. The van der Waals surface area contributed by atoms with Crippen molar-refractivity contribution in [3.8, 4) is 11.8 Å². The monoisotopic (exact) mass is 358 g/mol. The Balaban J connectivity index is 1.86. The van der Waals surface area contributed by atoms with Gasteiger partial charge in [-0.15, -0.1) is 0 Å². The minimum Gasteiger partial charge on any atom is -0.467 e. The van der Waals surface area contributed by atoms with Gasteiger partial charge in [-0.05, 0) is 37.3 Å². The fourth-order valence-corrected chi connectivity index (χ4v) is 3.20. The largest absolute Gasteiger partial charge is 0.467 e. The maximum atomic E-state index is 11.2. The summed E-state index contributed by atoms with van der Waals surface area (Å²) in [7, 11) is 0. The molecule has 0 saturated carbocycles. The minimum atomic E-state index is -0.883. The topological polar surface area (TPSA) is 56.9 Å². The third-order valence-electron chi connectivity index (χ3n) is 4.27. The number of rotatable bonds is 2. The van der Waals surface area contributed by atoms with E-state index in [9.17, 15) is 9.90 Å². The Labute approximate surface area is 151 Å². The van der Waals surface area contributed by atoms with Crippen molar-refractivity contribution < 1.29 is 14.3 Å². The van der Waals surface area contributed by atoms with Crippen LogP contribution in [0, 0.1) is 11.8 Å². The number of furan rings is 1. The van der Waals surface area contributed by atoms with Crippen LogP contribution < -0.4 is 0 Å². The Hall–Kier alpha value is -2.42. The van der Waals surface area contributed by atoms with Gasteiger partial charge in [0.05, 0.1) is 6.26 Å². The molecule has 3 rings (SSSR count). The number of benzene rings is 1. The van der Waals surface area contributed by atoms with Crippen molar-refractivity contribution in [3.05, 3.63) is 59.0 Å². The molecular formula is C19H19ClN2O3. The van der Waals surface area contributed by atoms with Gasteiger partial charge in [0.2, 0.25) is 0 Å². The maximum absolute atomic E-state index is 11.2. The number of piperazine rings is 1. The lowest BCUT2D eigenvalue weighted by atomic mass is 10.1. The van der Waals surface area contributed by atoms with Gasteiger partial charge in [0, 0.05) is 36.3 Å². The molecule has 1 aliphatic rings. The normalized spacial score (nSPS) is 19.1. The van der Waals surface area contributed by atoms with E-state index in [1.54, 1.807) is 6.26 Å². The van der Waals surface area contributed by atoms with E-state index < -0.39 is 6.09 Å². The summed E-state index contributed by atoms with van der Waals surface area (Å²) in [6.07, 6.45) is 0.743. The lowest BCUT2D eigenvalue weighted by molar-refractivity contribution is 0.0574. The van der Waals surface area contributed by atoms with Crippen molar-refractivity contribution in [2.75, 3.05) is 19.6 Å². The molecule has 130 valence electrons. The zero-order valence-corrected chi connectivity index (χ0v) is 14.6. The lowest BCUT2D eigenvalue weighted by Gasteiger charge is -2.40. The molecule has 2 heterocycles. The van der Waals surface area contributed by atoms with Gasteiger partial charge >= 0.3 is 6.09 Å². The smallest absolute Gasteiger partial charge is 0.407 e. The van der Waals surface area contributed by atoms with E-state index >= 15 is 0 Å². The van der Waals surface area contributed by atoms with Crippen LogP contribution in [-0.4, -0.2) is 46.7 Å². The number of hydrogen-bond donors (Lipinski definition) is 1. The first-order chi connectivity index (χ1) is 12.0. The highest BCUT2D eigenvalue weighted by molar-refractivity contribution is 6.30. The van der Waals surface area contributed by atoms with E-state index in [1.165, 1.54) is 4.90 Å². The molecule has 1 N–H and O–H groups in total. The highest BCUT2D eigenvalue weighted by Crippen LogP contribution is 2.25. The standard InChI is InChI=1S/C19H19ClN2O3/c1-14-13-21(19(23)24)9-10-22(14)17(18-6-3-11-25-18)8-7-15-4-2-5-16(20)12-15/h2-6,11-12,14,17H,9-10,13H2,1H3,(H,23,24)/t14-,17-/m1/s1. The molecule has 1 amide bonds. The number of carbonyl (C=O) groups is 1. The Morgan fingerprint density at radius 3 is 2.84 bits per heavy atom. The molecular weight excluding hydrogens is 340 g/mol. The van der Waals surface area contributed by atoms with Gasteiger partial charge in [-0.25, -0.2) is 4.79 Å². The third-order valence-corrected chi connectivity index (χ3v) is 4.51. The zero-order valence-electron chi connectivity index (χ0n) is 13.9. The molecule has 0 radical (unpaired) electrons. The summed E-state index contributed by atoms with van der Waals surface area (Å²) in [5.41, 5.74) is 0.834. The van der Waals surface area contributed by atoms with Crippen LogP contribution in [0.3, 0.4) is 0 Å². The van der Waals surface area contributed by atoms with Gasteiger partial charge in [0.25, 0.3) is 0 Å². The number of hydrogen-bond acceptors (Lipinski definition) is 3. The van der Waals surface area contributed by atoms with Gasteiger partial charge in [0.15, 0.2) is 0 Å². The van der Waals surface area contributed by atoms with Crippen LogP contribution in [0.2, 0.25) is 5.02 Å². The number of carboxylic acid groups (broad SMARTS) is 1. The van der Waals surface area contributed by atoms with E-state index in [4.69, 9.17) is 16.0 Å². The van der Waals surface area contributed by atoms with Crippen LogP contribution in [0.4, 0.5) is 4.79 Å². The Morgan fingerprint density at radius 2 is 2.20 bits per heavy atom. The highest BCUT2D eigenvalue weighted by atomic mass is 35.5. The SMILES string of the molecule is C[C@@H]1CN(C(=O)O)CCN1[C@H](C#Cc1cccc(Cl)c1)c1ccco1. The van der Waals surface area contributed by atoms with Gasteiger partial charge in [-0.1, -0.05) is 29.5 Å². The van der Waals surface area contributed by atoms with Gasteiger partial charge in [-0.2, -0.15) is 0 Å². The first-order valence-electron chi connectivity index (χ1n) is 8.08. The lowest BCUT2D eigenvalue weighted by Crippen LogP contribution is -2.54. The molecule has 1 aromatic carbocycles. The molecule has 1 saturated heterocycles. The van der Waals surface area contributed by atoms with Crippen molar-refractivity contribution in [2.24, 2.45) is 0 Å². The van der Waals surface area contributed by atoms with E-state index in [2.05, 4.69) is 16.7 Å². The summed E-state index contributed by atoms with van der Waals surface area (Å²) in [5.74, 6) is 7.18. The number of halogens is 1. The molecule has 0 aliphatic carbocycles. The molecule has 0 bridgehead atoms. The molecule has 25 heavy (non-hydrogen) atoms. The molecule has 6 heteroatoms. The number of nitrogens with zero attached hydrogens (tertiary/aromatic N) is 2. The summed E-state index contributed by atoms with van der Waals surface area (Å²) in [6.45, 7) is 3.51. The fraction of sp³-hybridized carbons (Fsp3) is 0.316. The second kappa shape index (κ2) is 7.64. The minimum absolute atomic E-state index is 0.0358. The highest BCUT2D eigenvalue weighted by Gasteiger charge is 2.32. The summed E-state index contributed by atoms with van der Waals surface area (Å²) in [6, 6.07) is 10.9. The average molecular weight is 359 g/mol. The Kier molecular flexibility index (Phi) is 5.32. The van der Waals surface area contributed by atoms with Crippen LogP contribution >= 0.6 is 11.6 Å². The van der Waals surface area contributed by atoms with Crippen molar-refractivity contribution >= 4 is 17.7 Å². The van der Waals surface area contributed by atoms with Crippen LogP contribution in [0.25, 0.3) is 0 Å². The Bertz CT molecular complexity index is 794. The molecule has 1 aliphatic heterocycles. The predicted octanol–water partition coefficient (Wildman–Crippen LogP) is 3.71. The van der Waals surface area contributed by atoms with Crippen LogP contribution in [0.15, 0.2) is 47.1 Å². The molecule has 1 fully saturated rings. The fourth-order valence-electron chi connectivity index (χ4n) is 3.01. The maximum Gasteiger partial charge on any atom is 0.407 e. The van der Waals surface area contributed by atoms with Crippen molar-refractivity contribution in [2.45, 2.75) is 19.0 Å². The van der Waals surface area contributed by atoms with Crippen molar-refractivity contribution in [1.29, 1.82) is 0 Å². The van der Waals surface area contributed by atoms with E-state index in [1.807, 2.05) is 43.3 Å². The molecule has 0 spiro atoms. The van der Waals surface area contributed by atoms with Crippen LogP contribution in [-0.2, 0) is 0 Å². The summed E-state index contributed by atoms with van der Waals surface area (Å²) >= 11 is 6.02. The van der Waals surface area contributed by atoms with Crippen molar-refractivity contribution in [1.82, 2.24) is 9.80 Å². The molecule has 0 unspecified atom stereocenters. The van der Waals surface area contributed by atoms with Crippen LogP contribution in [0.5, 0.6) is 0 Å². The third kappa shape index (κ3) is 4.16. The van der Waals surface area contributed by atoms with Gasteiger partial charge < -0.3 is 14.4 Å². The second-order valence-corrected chi connectivity index (χ2v) is 6.45. The zero-order chi connectivity index (χ0) is 17.8. The summed E-state index contributed by atoms with van der Waals surface area (Å²) in [4.78, 5) is 14.8. The van der Waals surface area contributed by atoms with Crippen molar-refractivity contribution in [3.63, 3.8) is 0 Å². The first-order valence-corrected chi connectivity index (χ1v) is 8.46. The van der Waals surface area contributed by atoms with Gasteiger partial charge in [-0.3, -0.25) is 4.90 Å². The van der Waals surface area contributed by atoms with Crippen LogP contribution in [0.1, 0.15) is 24.3 Å². The second-order valence-electron chi connectivity index (χ2n) is 6.01. The molecule has 2 aromatic rings. The number of amides is 1. The molecule has 5 nitrogen and oxygen atoms in total. The summed E-state index contributed by atoms with van der Waals surface area (Å²) in [5, 5.41) is 9.83. The quantitative estimate of drug-likeness (QED) is 0.831. The van der Waals surface area contributed by atoms with E-state index in [-0.39, 0.29) is 12.1 Å². The summed E-state index contributed by atoms with van der Waals surface area (Å²) < 4.78 is 5.58. The average Bonchev–Trinajstić information content (AvgIpc) is 3.10.